The maximum atomic E-state index is 12.3. The van der Waals surface area contributed by atoms with Gasteiger partial charge >= 0.3 is 6.09 Å². The van der Waals surface area contributed by atoms with Gasteiger partial charge in [-0.3, -0.25) is 0 Å². The average Bonchev–Trinajstić information content (AvgIpc) is 3.16. The van der Waals surface area contributed by atoms with E-state index in [1.54, 1.807) is 0 Å². The van der Waals surface area contributed by atoms with Gasteiger partial charge in [0.15, 0.2) is 6.29 Å². The minimum absolute atomic E-state index is 0.149. The molecule has 9 nitrogen and oxygen atoms in total. The van der Waals surface area contributed by atoms with Gasteiger partial charge in [-0.25, -0.2) is 4.79 Å². The zero-order valence-corrected chi connectivity index (χ0v) is 28.7. The molecule has 2 fully saturated rings. The van der Waals surface area contributed by atoms with Crippen molar-refractivity contribution in [1.29, 1.82) is 0 Å². The van der Waals surface area contributed by atoms with Crippen LogP contribution in [0.1, 0.15) is 54.7 Å². The molecule has 266 valence electrons. The number of amides is 1. The van der Waals surface area contributed by atoms with Crippen LogP contribution < -0.4 is 4.74 Å². The zero-order chi connectivity index (χ0) is 34.4. The highest BCUT2D eigenvalue weighted by atomic mass is 16.7. The van der Waals surface area contributed by atoms with Crippen molar-refractivity contribution < 1.29 is 38.3 Å². The summed E-state index contributed by atoms with van der Waals surface area (Å²) in [7, 11) is 0. The molecule has 2 heterocycles. The number of hydrogen-bond donors (Lipinski definition) is 1. The minimum atomic E-state index is -0.981. The van der Waals surface area contributed by atoms with E-state index in [9.17, 15) is 9.90 Å². The Bertz CT molecular complexity index is 1590. The first kappa shape index (κ1) is 35.8. The molecule has 0 saturated carbocycles. The molecule has 4 aromatic carbocycles. The molecule has 2 aliphatic rings. The van der Waals surface area contributed by atoms with Gasteiger partial charge in [0.1, 0.15) is 5.75 Å². The summed E-state index contributed by atoms with van der Waals surface area (Å²) in [6.07, 6.45) is 2.61. The number of fused-ring (bicyclic) bond motifs is 1. The molecule has 4 aromatic rings. The van der Waals surface area contributed by atoms with Crippen LogP contribution in [0.15, 0.2) is 97.1 Å². The largest absolute Gasteiger partial charge is 0.494 e. The second-order valence-electron chi connectivity index (χ2n) is 13.0. The molecule has 6 rings (SSSR count). The van der Waals surface area contributed by atoms with Crippen LogP contribution in [0.5, 0.6) is 5.75 Å². The first-order valence-electron chi connectivity index (χ1n) is 17.9. The summed E-state index contributed by atoms with van der Waals surface area (Å²) in [6.45, 7) is 4.30. The molecule has 0 spiro atoms. The third-order valence-electron chi connectivity index (χ3n) is 9.29. The second kappa shape index (κ2) is 18.8. The van der Waals surface area contributed by atoms with Crippen LogP contribution in [0.2, 0.25) is 0 Å². The van der Waals surface area contributed by atoms with E-state index in [4.69, 9.17) is 28.4 Å². The molecule has 0 bridgehead atoms. The highest BCUT2D eigenvalue weighted by Crippen LogP contribution is 2.35. The molecule has 3 unspecified atom stereocenters. The topological polar surface area (TPSA) is 95.9 Å². The van der Waals surface area contributed by atoms with Crippen LogP contribution in [-0.4, -0.2) is 80.7 Å². The SMILES string of the molecule is O=C(O)N1CC(OCCCO[C@H]2CCCCO2)C(c2ccc(OCCCOCc3ccccc3)cc2)C(OCc2ccc3ccccc3c2)C1. The molecule has 1 N–H and O–H groups in total. The highest BCUT2D eigenvalue weighted by Gasteiger charge is 2.41. The lowest BCUT2D eigenvalue weighted by molar-refractivity contribution is -0.165. The fourth-order valence-corrected chi connectivity index (χ4v) is 6.66. The van der Waals surface area contributed by atoms with E-state index < -0.39 is 18.3 Å². The van der Waals surface area contributed by atoms with Crippen molar-refractivity contribution in [2.75, 3.05) is 46.1 Å². The monoisotopic (exact) mass is 683 g/mol. The van der Waals surface area contributed by atoms with E-state index in [2.05, 4.69) is 54.6 Å². The van der Waals surface area contributed by atoms with Crippen molar-refractivity contribution in [2.24, 2.45) is 0 Å². The summed E-state index contributed by atoms with van der Waals surface area (Å²) in [5.41, 5.74) is 3.21. The van der Waals surface area contributed by atoms with E-state index in [1.807, 2.05) is 42.5 Å². The second-order valence-corrected chi connectivity index (χ2v) is 13.0. The smallest absolute Gasteiger partial charge is 0.407 e. The summed E-state index contributed by atoms with van der Waals surface area (Å²) >= 11 is 0. The first-order valence-corrected chi connectivity index (χ1v) is 17.9. The average molecular weight is 684 g/mol. The van der Waals surface area contributed by atoms with E-state index in [1.165, 1.54) is 10.3 Å². The Morgan fingerprint density at radius 2 is 1.46 bits per heavy atom. The van der Waals surface area contributed by atoms with Gasteiger partial charge in [0.2, 0.25) is 0 Å². The Labute approximate surface area is 295 Å². The van der Waals surface area contributed by atoms with Crippen molar-refractivity contribution in [3.8, 4) is 5.75 Å². The Morgan fingerprint density at radius 1 is 0.720 bits per heavy atom. The maximum Gasteiger partial charge on any atom is 0.407 e. The van der Waals surface area contributed by atoms with Gasteiger partial charge in [0.25, 0.3) is 0 Å². The summed E-state index contributed by atoms with van der Waals surface area (Å²) in [5.74, 6) is 0.585. The number of nitrogens with zero attached hydrogens (tertiary/aromatic N) is 1. The van der Waals surface area contributed by atoms with Gasteiger partial charge in [-0.05, 0) is 71.3 Å². The molecular formula is C41H49NO8. The fourth-order valence-electron chi connectivity index (χ4n) is 6.66. The lowest BCUT2D eigenvalue weighted by Gasteiger charge is -2.42. The number of rotatable bonds is 17. The molecule has 50 heavy (non-hydrogen) atoms. The molecule has 0 radical (unpaired) electrons. The third kappa shape index (κ3) is 10.5. The van der Waals surface area contributed by atoms with Crippen molar-refractivity contribution in [3.05, 3.63) is 114 Å². The molecule has 0 aliphatic carbocycles. The molecule has 1 amide bonds. The number of likely N-dealkylation sites (tertiary alicyclic amines) is 1. The van der Waals surface area contributed by atoms with Gasteiger partial charge < -0.3 is 38.4 Å². The van der Waals surface area contributed by atoms with Gasteiger partial charge in [-0.2, -0.15) is 0 Å². The van der Waals surface area contributed by atoms with Gasteiger partial charge in [-0.1, -0.05) is 78.9 Å². The van der Waals surface area contributed by atoms with Crippen LogP contribution in [-0.2, 0) is 36.9 Å². The van der Waals surface area contributed by atoms with E-state index >= 15 is 0 Å². The zero-order valence-electron chi connectivity index (χ0n) is 28.7. The van der Waals surface area contributed by atoms with Crippen molar-refractivity contribution in [3.63, 3.8) is 0 Å². The molecule has 0 aromatic heterocycles. The van der Waals surface area contributed by atoms with E-state index in [0.29, 0.717) is 46.1 Å². The number of piperidine rings is 1. The number of hydrogen-bond acceptors (Lipinski definition) is 7. The summed E-state index contributed by atoms with van der Waals surface area (Å²) in [4.78, 5) is 13.7. The standard InChI is InChI=1S/C41H49NO8/c43-41(44)42-27-37(47-24-9-25-49-39-14-6-7-22-48-39)40(38(28-42)50-30-32-15-16-33-12-4-5-13-35(33)26-32)34-17-19-36(20-18-34)46-23-8-21-45-29-31-10-2-1-3-11-31/h1-5,10-13,15-20,26,37-40H,6-9,14,21-25,27-30H2,(H,43,44)/t37?,38?,39-,40?/m0/s1. The number of ether oxygens (including phenoxy) is 6. The van der Waals surface area contributed by atoms with Crippen molar-refractivity contribution >= 4 is 16.9 Å². The Morgan fingerprint density at radius 3 is 2.24 bits per heavy atom. The Balaban J connectivity index is 1.09. The lowest BCUT2D eigenvalue weighted by atomic mass is 9.84. The van der Waals surface area contributed by atoms with Crippen LogP contribution >= 0.6 is 0 Å². The van der Waals surface area contributed by atoms with Crippen LogP contribution in [0.25, 0.3) is 10.8 Å². The molecular weight excluding hydrogens is 634 g/mol. The van der Waals surface area contributed by atoms with Gasteiger partial charge in [-0.15, -0.1) is 0 Å². The molecule has 2 saturated heterocycles. The summed E-state index contributed by atoms with van der Waals surface area (Å²) in [6, 6.07) is 32.7. The van der Waals surface area contributed by atoms with E-state index in [-0.39, 0.29) is 25.3 Å². The number of benzene rings is 4. The molecule has 4 atom stereocenters. The predicted molar refractivity (Wildman–Crippen MR) is 191 cm³/mol. The Hall–Kier alpha value is -3.99. The van der Waals surface area contributed by atoms with Crippen LogP contribution in [0.4, 0.5) is 4.79 Å². The normalized spacial score (nSPS) is 20.9. The van der Waals surface area contributed by atoms with E-state index in [0.717, 1.165) is 60.1 Å². The highest BCUT2D eigenvalue weighted by molar-refractivity contribution is 5.82. The number of carboxylic acid groups (broad SMARTS) is 1. The summed E-state index contributed by atoms with van der Waals surface area (Å²) < 4.78 is 36.5. The Kier molecular flexibility index (Phi) is 13.5. The first-order chi connectivity index (χ1) is 24.6. The third-order valence-corrected chi connectivity index (χ3v) is 9.29. The fraction of sp³-hybridized carbons (Fsp3) is 0.439. The molecule has 2 aliphatic heterocycles. The van der Waals surface area contributed by atoms with Crippen molar-refractivity contribution in [2.45, 2.75) is 69.7 Å². The quantitative estimate of drug-likeness (QED) is 0.113. The van der Waals surface area contributed by atoms with Gasteiger partial charge in [0.05, 0.1) is 58.3 Å². The minimum Gasteiger partial charge on any atom is -0.494 e. The maximum absolute atomic E-state index is 12.3. The predicted octanol–water partition coefficient (Wildman–Crippen LogP) is 7.81. The number of carbonyl (C=O) groups is 1. The molecule has 9 heteroatoms. The lowest BCUT2D eigenvalue weighted by Crippen LogP contribution is -2.54. The van der Waals surface area contributed by atoms with Crippen LogP contribution in [0.3, 0.4) is 0 Å². The van der Waals surface area contributed by atoms with Gasteiger partial charge in [0, 0.05) is 25.6 Å². The summed E-state index contributed by atoms with van der Waals surface area (Å²) in [5, 5.41) is 12.4. The van der Waals surface area contributed by atoms with Crippen molar-refractivity contribution in [1.82, 2.24) is 4.90 Å². The van der Waals surface area contributed by atoms with Crippen LogP contribution in [0, 0.1) is 0 Å².